The Balaban J connectivity index is 2.17. The molecule has 0 spiro atoms. The largest absolute Gasteiger partial charge is 0.459 e. The van der Waals surface area contributed by atoms with Gasteiger partial charge < -0.3 is 9.73 Å². The van der Waals surface area contributed by atoms with Crippen LogP contribution in [0.2, 0.25) is 5.02 Å². The van der Waals surface area contributed by atoms with Crippen LogP contribution in [0.3, 0.4) is 0 Å². The van der Waals surface area contributed by atoms with Crippen molar-refractivity contribution in [1.29, 1.82) is 0 Å². The molecule has 0 aliphatic rings. The van der Waals surface area contributed by atoms with Gasteiger partial charge in [0.1, 0.15) is 0 Å². The normalized spacial score (nSPS) is 10.1. The van der Waals surface area contributed by atoms with Crippen LogP contribution in [-0.4, -0.2) is 5.91 Å². The van der Waals surface area contributed by atoms with Crippen LogP contribution in [0.25, 0.3) is 0 Å². The van der Waals surface area contributed by atoms with Gasteiger partial charge in [-0.1, -0.05) is 23.7 Å². The summed E-state index contributed by atoms with van der Waals surface area (Å²) >= 11 is 5.92. The van der Waals surface area contributed by atoms with Gasteiger partial charge in [0.25, 0.3) is 5.91 Å². The lowest BCUT2D eigenvalue weighted by Crippen LogP contribution is -2.11. The Morgan fingerprint density at radius 3 is 2.75 bits per heavy atom. The molecule has 0 saturated carbocycles. The summed E-state index contributed by atoms with van der Waals surface area (Å²) in [6.45, 7) is 1.86. The summed E-state index contributed by atoms with van der Waals surface area (Å²) in [4.78, 5) is 11.7. The molecule has 1 aromatic carbocycles. The van der Waals surface area contributed by atoms with Crippen molar-refractivity contribution in [3.8, 4) is 0 Å². The van der Waals surface area contributed by atoms with Gasteiger partial charge in [-0.2, -0.15) is 0 Å². The van der Waals surface area contributed by atoms with E-state index >= 15 is 0 Å². The molecule has 0 radical (unpaired) electrons. The molecule has 0 saturated heterocycles. The number of amides is 1. The van der Waals surface area contributed by atoms with Crippen molar-refractivity contribution in [3.05, 3.63) is 52.9 Å². The van der Waals surface area contributed by atoms with E-state index in [9.17, 15) is 4.79 Å². The number of nitrogens with one attached hydrogen (secondary N) is 1. The first-order chi connectivity index (χ1) is 7.66. The van der Waals surface area contributed by atoms with E-state index in [1.54, 1.807) is 30.3 Å². The van der Waals surface area contributed by atoms with Crippen LogP contribution in [0.4, 0.5) is 5.69 Å². The molecule has 0 aliphatic carbocycles. The van der Waals surface area contributed by atoms with Gasteiger partial charge in [0.05, 0.1) is 17.0 Å². The number of halogens is 1. The van der Waals surface area contributed by atoms with Crippen molar-refractivity contribution >= 4 is 23.2 Å². The van der Waals surface area contributed by atoms with E-state index in [4.69, 9.17) is 16.0 Å². The van der Waals surface area contributed by atoms with E-state index in [0.29, 0.717) is 10.7 Å². The third kappa shape index (κ3) is 2.25. The van der Waals surface area contributed by atoms with Gasteiger partial charge >= 0.3 is 0 Å². The number of para-hydroxylation sites is 1. The van der Waals surface area contributed by atoms with Gasteiger partial charge in [0, 0.05) is 0 Å². The van der Waals surface area contributed by atoms with E-state index in [1.165, 1.54) is 6.26 Å². The number of hydrogen-bond donors (Lipinski definition) is 1. The van der Waals surface area contributed by atoms with Crippen LogP contribution < -0.4 is 5.32 Å². The average Bonchev–Trinajstić information content (AvgIpc) is 2.68. The second-order valence-electron chi connectivity index (χ2n) is 3.42. The summed E-state index contributed by atoms with van der Waals surface area (Å²) < 4.78 is 5.08. The minimum Gasteiger partial charge on any atom is -0.459 e. The quantitative estimate of drug-likeness (QED) is 0.866. The maximum atomic E-state index is 11.7. The highest BCUT2D eigenvalue weighted by Crippen LogP contribution is 2.21. The predicted molar refractivity (Wildman–Crippen MR) is 62.9 cm³/mol. The molecular weight excluding hydrogens is 226 g/mol. The van der Waals surface area contributed by atoms with E-state index in [0.717, 1.165) is 5.56 Å². The fourth-order valence-electron chi connectivity index (χ4n) is 1.30. The number of furan rings is 1. The Bertz CT molecular complexity index is 519. The second kappa shape index (κ2) is 4.41. The maximum absolute atomic E-state index is 11.7. The van der Waals surface area contributed by atoms with Gasteiger partial charge in [0.15, 0.2) is 5.76 Å². The molecule has 16 heavy (non-hydrogen) atoms. The van der Waals surface area contributed by atoms with Gasteiger partial charge in [-0.05, 0) is 30.7 Å². The van der Waals surface area contributed by atoms with Crippen molar-refractivity contribution in [2.75, 3.05) is 5.32 Å². The molecule has 2 rings (SSSR count). The van der Waals surface area contributed by atoms with Gasteiger partial charge in [-0.25, -0.2) is 0 Å². The number of aryl methyl sites for hydroxylation is 1. The zero-order valence-corrected chi connectivity index (χ0v) is 9.41. The average molecular weight is 236 g/mol. The van der Waals surface area contributed by atoms with Crippen molar-refractivity contribution < 1.29 is 9.21 Å². The number of benzene rings is 1. The Morgan fingerprint density at radius 1 is 1.38 bits per heavy atom. The third-order valence-corrected chi connectivity index (χ3v) is 2.41. The number of rotatable bonds is 2. The summed E-state index contributed by atoms with van der Waals surface area (Å²) in [7, 11) is 0. The van der Waals surface area contributed by atoms with Crippen LogP contribution in [0.5, 0.6) is 0 Å². The summed E-state index contributed by atoms with van der Waals surface area (Å²) in [6, 6.07) is 8.72. The molecule has 4 heteroatoms. The van der Waals surface area contributed by atoms with Crippen molar-refractivity contribution in [2.24, 2.45) is 0 Å². The molecule has 82 valence electrons. The first-order valence-electron chi connectivity index (χ1n) is 4.78. The van der Waals surface area contributed by atoms with E-state index in [-0.39, 0.29) is 11.7 Å². The zero-order valence-electron chi connectivity index (χ0n) is 8.66. The van der Waals surface area contributed by atoms with Gasteiger partial charge in [-0.15, -0.1) is 0 Å². The highest BCUT2D eigenvalue weighted by Gasteiger charge is 2.11. The van der Waals surface area contributed by atoms with Crippen molar-refractivity contribution in [3.63, 3.8) is 0 Å². The van der Waals surface area contributed by atoms with Gasteiger partial charge in [-0.3, -0.25) is 4.79 Å². The Labute approximate surface area is 98.0 Å². The summed E-state index contributed by atoms with van der Waals surface area (Å²) in [5.41, 5.74) is 1.48. The highest BCUT2D eigenvalue weighted by molar-refractivity contribution is 6.33. The lowest BCUT2D eigenvalue weighted by molar-refractivity contribution is 0.0996. The van der Waals surface area contributed by atoms with E-state index in [2.05, 4.69) is 5.32 Å². The molecule has 0 bridgehead atoms. The predicted octanol–water partition coefficient (Wildman–Crippen LogP) is 3.49. The second-order valence-corrected chi connectivity index (χ2v) is 3.83. The molecule has 0 fully saturated rings. The van der Waals surface area contributed by atoms with E-state index in [1.807, 2.05) is 6.92 Å². The Morgan fingerprint density at radius 2 is 2.12 bits per heavy atom. The minimum atomic E-state index is -0.304. The zero-order chi connectivity index (χ0) is 11.5. The van der Waals surface area contributed by atoms with Crippen molar-refractivity contribution in [1.82, 2.24) is 0 Å². The molecule has 1 heterocycles. The third-order valence-electron chi connectivity index (χ3n) is 2.08. The summed E-state index contributed by atoms with van der Waals surface area (Å²) in [5, 5.41) is 3.17. The van der Waals surface area contributed by atoms with Crippen LogP contribution in [0.1, 0.15) is 16.1 Å². The van der Waals surface area contributed by atoms with Gasteiger partial charge in [0.2, 0.25) is 0 Å². The first kappa shape index (κ1) is 10.8. The highest BCUT2D eigenvalue weighted by atomic mass is 35.5. The van der Waals surface area contributed by atoms with Crippen LogP contribution in [0, 0.1) is 6.92 Å². The molecule has 0 unspecified atom stereocenters. The number of carbonyl (C=O) groups excluding carboxylic acids is 1. The molecule has 1 N–H and O–H groups in total. The molecule has 3 nitrogen and oxygen atoms in total. The summed E-state index contributed by atoms with van der Waals surface area (Å²) in [5.74, 6) is -0.0291. The standard InChI is InChI=1S/C12H10ClNO2/c1-8-6-11(16-7-8)12(15)14-10-5-3-2-4-9(10)13/h2-7H,1H3,(H,14,15). The minimum absolute atomic E-state index is 0.275. The van der Waals surface area contributed by atoms with Crippen LogP contribution >= 0.6 is 11.6 Å². The topological polar surface area (TPSA) is 42.2 Å². The monoisotopic (exact) mass is 235 g/mol. The lowest BCUT2D eigenvalue weighted by atomic mass is 10.3. The van der Waals surface area contributed by atoms with Crippen LogP contribution in [-0.2, 0) is 0 Å². The lowest BCUT2D eigenvalue weighted by Gasteiger charge is -2.04. The van der Waals surface area contributed by atoms with E-state index < -0.39 is 0 Å². The molecule has 2 aromatic rings. The molecule has 0 aliphatic heterocycles. The summed E-state index contributed by atoms with van der Waals surface area (Å²) in [6.07, 6.45) is 1.53. The molecular formula is C12H10ClNO2. The maximum Gasteiger partial charge on any atom is 0.291 e. The molecule has 1 aromatic heterocycles. The molecule has 1 amide bonds. The number of anilines is 1. The molecule has 0 atom stereocenters. The Kier molecular flexibility index (Phi) is 2.97. The van der Waals surface area contributed by atoms with Crippen molar-refractivity contribution in [2.45, 2.75) is 6.92 Å². The fraction of sp³-hybridized carbons (Fsp3) is 0.0833. The number of carbonyl (C=O) groups is 1. The fourth-order valence-corrected chi connectivity index (χ4v) is 1.48. The SMILES string of the molecule is Cc1coc(C(=O)Nc2ccccc2Cl)c1. The van der Waals surface area contributed by atoms with Crippen LogP contribution in [0.15, 0.2) is 41.0 Å². The first-order valence-corrected chi connectivity index (χ1v) is 5.15. The smallest absolute Gasteiger partial charge is 0.291 e. The Hall–Kier alpha value is -1.74. The number of hydrogen-bond acceptors (Lipinski definition) is 2.